The summed E-state index contributed by atoms with van der Waals surface area (Å²) < 4.78 is 32.6. The zero-order valence-electron chi connectivity index (χ0n) is 18.3. The van der Waals surface area contributed by atoms with E-state index in [1.807, 2.05) is 12.1 Å². The van der Waals surface area contributed by atoms with Gasteiger partial charge in [-0.05, 0) is 54.2 Å². The normalized spacial score (nSPS) is 16.2. The molecule has 0 bridgehead atoms. The van der Waals surface area contributed by atoms with Gasteiger partial charge in [-0.15, -0.1) is 0 Å². The Morgan fingerprint density at radius 3 is 2.23 bits per heavy atom. The van der Waals surface area contributed by atoms with Crippen LogP contribution in [0, 0.1) is 5.92 Å². The maximum absolute atomic E-state index is 13.0. The highest BCUT2D eigenvalue weighted by molar-refractivity contribution is 7.89. The summed E-state index contributed by atoms with van der Waals surface area (Å²) in [6.07, 6.45) is 0.935. The first-order valence-electron chi connectivity index (χ1n) is 10.3. The molecule has 0 atom stereocenters. The van der Waals surface area contributed by atoms with Gasteiger partial charge in [0, 0.05) is 24.7 Å². The zero-order valence-corrected chi connectivity index (χ0v) is 19.9. The van der Waals surface area contributed by atoms with Gasteiger partial charge in [0.05, 0.1) is 17.0 Å². The van der Waals surface area contributed by atoms with Crippen LogP contribution in [0.15, 0.2) is 47.4 Å². The zero-order chi connectivity index (χ0) is 22.8. The number of benzene rings is 2. The largest absolute Gasteiger partial charge is 0.495 e. The van der Waals surface area contributed by atoms with E-state index in [1.165, 1.54) is 11.4 Å². The van der Waals surface area contributed by atoms with E-state index >= 15 is 0 Å². The number of carbonyl (C=O) groups is 1. The van der Waals surface area contributed by atoms with Gasteiger partial charge in [0.15, 0.2) is 0 Å². The lowest BCUT2D eigenvalue weighted by Gasteiger charge is -2.30. The molecule has 1 aliphatic rings. The monoisotopic (exact) mass is 464 g/mol. The predicted molar refractivity (Wildman–Crippen MR) is 123 cm³/mol. The van der Waals surface area contributed by atoms with E-state index < -0.39 is 10.0 Å². The molecule has 0 unspecified atom stereocenters. The smallest absolute Gasteiger partial charge is 0.243 e. The maximum Gasteiger partial charge on any atom is 0.243 e. The van der Waals surface area contributed by atoms with Crippen molar-refractivity contribution >= 4 is 33.2 Å². The third-order valence-electron chi connectivity index (χ3n) is 5.60. The molecule has 1 aliphatic heterocycles. The molecule has 3 rings (SSSR count). The molecule has 1 N–H and O–H groups in total. The second-order valence-electron chi connectivity index (χ2n) is 8.79. The third-order valence-corrected chi connectivity index (χ3v) is 7.81. The molecule has 0 spiro atoms. The first-order chi connectivity index (χ1) is 14.5. The number of hydrogen-bond acceptors (Lipinski definition) is 4. The van der Waals surface area contributed by atoms with E-state index in [1.54, 1.807) is 30.3 Å². The molecule has 1 saturated heterocycles. The molecule has 31 heavy (non-hydrogen) atoms. The molecule has 1 fully saturated rings. The minimum absolute atomic E-state index is 0.0396. The van der Waals surface area contributed by atoms with Crippen LogP contribution in [0.5, 0.6) is 5.75 Å². The van der Waals surface area contributed by atoms with Crippen molar-refractivity contribution in [1.82, 2.24) is 4.31 Å². The molecule has 0 aliphatic carbocycles. The Kier molecular flexibility index (Phi) is 6.98. The number of methoxy groups -OCH3 is 1. The van der Waals surface area contributed by atoms with Gasteiger partial charge in [-0.25, -0.2) is 8.42 Å². The summed E-state index contributed by atoms with van der Waals surface area (Å²) in [7, 11) is -2.05. The van der Waals surface area contributed by atoms with Gasteiger partial charge in [0.25, 0.3) is 0 Å². The van der Waals surface area contributed by atoms with Gasteiger partial charge in [-0.1, -0.05) is 44.5 Å². The number of rotatable bonds is 5. The molecule has 168 valence electrons. The Labute approximate surface area is 189 Å². The first-order valence-corrected chi connectivity index (χ1v) is 12.1. The van der Waals surface area contributed by atoms with Gasteiger partial charge in [-0.3, -0.25) is 4.79 Å². The summed E-state index contributed by atoms with van der Waals surface area (Å²) in [5.41, 5.74) is 1.63. The van der Waals surface area contributed by atoms with E-state index in [9.17, 15) is 13.2 Å². The van der Waals surface area contributed by atoms with Crippen molar-refractivity contribution in [2.75, 3.05) is 25.5 Å². The number of nitrogens with zero attached hydrogens (tertiary/aromatic N) is 1. The van der Waals surface area contributed by atoms with E-state index in [-0.39, 0.29) is 22.1 Å². The molecular weight excluding hydrogens is 436 g/mol. The number of anilines is 1. The highest BCUT2D eigenvalue weighted by Crippen LogP contribution is 2.30. The van der Waals surface area contributed by atoms with Crippen LogP contribution in [0.4, 0.5) is 5.69 Å². The number of piperidine rings is 1. The minimum atomic E-state index is -3.58. The Bertz CT molecular complexity index is 1040. The third kappa shape index (κ3) is 5.40. The van der Waals surface area contributed by atoms with Crippen LogP contribution in [0.25, 0.3) is 0 Å². The molecular formula is C23H29ClN2O4S. The van der Waals surface area contributed by atoms with Gasteiger partial charge < -0.3 is 10.1 Å². The van der Waals surface area contributed by atoms with Crippen molar-refractivity contribution < 1.29 is 17.9 Å². The predicted octanol–water partition coefficient (Wildman–Crippen LogP) is 4.69. The number of halogens is 1. The second kappa shape index (κ2) is 9.18. The summed E-state index contributed by atoms with van der Waals surface area (Å²) in [4.78, 5) is 12.9. The fraction of sp³-hybridized carbons (Fsp3) is 0.435. The lowest BCUT2D eigenvalue weighted by Crippen LogP contribution is -2.41. The van der Waals surface area contributed by atoms with Crippen LogP contribution < -0.4 is 10.1 Å². The maximum atomic E-state index is 13.0. The van der Waals surface area contributed by atoms with Gasteiger partial charge >= 0.3 is 0 Å². The standard InChI is InChI=1S/C23H29ClN2O4S/c1-23(2,3)17-5-8-19(9-6-17)31(28,29)26-13-11-16(12-14-26)22(27)25-18-7-10-21(30-4)20(24)15-18/h5-10,15-16H,11-14H2,1-4H3,(H,25,27). The minimum Gasteiger partial charge on any atom is -0.495 e. The van der Waals surface area contributed by atoms with Gasteiger partial charge in [-0.2, -0.15) is 4.31 Å². The molecule has 6 nitrogen and oxygen atoms in total. The number of sulfonamides is 1. The molecule has 0 saturated carbocycles. The fourth-order valence-corrected chi connectivity index (χ4v) is 5.35. The van der Waals surface area contributed by atoms with E-state index in [2.05, 4.69) is 26.1 Å². The van der Waals surface area contributed by atoms with Crippen LogP contribution in [-0.4, -0.2) is 38.8 Å². The summed E-state index contributed by atoms with van der Waals surface area (Å²) in [5, 5.41) is 3.28. The van der Waals surface area contributed by atoms with Crippen molar-refractivity contribution in [1.29, 1.82) is 0 Å². The lowest BCUT2D eigenvalue weighted by molar-refractivity contribution is -0.120. The van der Waals surface area contributed by atoms with Crippen molar-refractivity contribution in [3.63, 3.8) is 0 Å². The summed E-state index contributed by atoms with van der Waals surface area (Å²) in [5.74, 6) is 0.150. The molecule has 8 heteroatoms. The number of hydrogen-bond donors (Lipinski definition) is 1. The summed E-state index contributed by atoms with van der Waals surface area (Å²) in [6, 6.07) is 12.1. The average molecular weight is 465 g/mol. The molecule has 1 heterocycles. The van der Waals surface area contributed by atoms with E-state index in [4.69, 9.17) is 16.3 Å². The van der Waals surface area contributed by atoms with Crippen molar-refractivity contribution in [3.05, 3.63) is 53.1 Å². The highest BCUT2D eigenvalue weighted by atomic mass is 35.5. The molecule has 1 amide bonds. The Morgan fingerprint density at radius 1 is 1.10 bits per heavy atom. The number of amides is 1. The number of nitrogens with one attached hydrogen (secondary N) is 1. The summed E-state index contributed by atoms with van der Waals surface area (Å²) >= 11 is 6.11. The van der Waals surface area contributed by atoms with Crippen LogP contribution in [-0.2, 0) is 20.2 Å². The Morgan fingerprint density at radius 2 is 1.71 bits per heavy atom. The van der Waals surface area contributed by atoms with Crippen molar-refractivity contribution in [2.24, 2.45) is 5.92 Å². The number of ether oxygens (including phenoxy) is 1. The van der Waals surface area contributed by atoms with Crippen molar-refractivity contribution in [3.8, 4) is 5.75 Å². The molecule has 2 aromatic carbocycles. The topological polar surface area (TPSA) is 75.7 Å². The Hall–Kier alpha value is -2.09. The summed E-state index contributed by atoms with van der Waals surface area (Å²) in [6.45, 7) is 6.89. The quantitative estimate of drug-likeness (QED) is 0.696. The van der Waals surface area contributed by atoms with E-state index in [0.717, 1.165) is 5.56 Å². The van der Waals surface area contributed by atoms with Crippen LogP contribution in [0.1, 0.15) is 39.2 Å². The first kappa shape index (κ1) is 23.6. The van der Waals surface area contributed by atoms with Crippen molar-refractivity contribution in [2.45, 2.75) is 43.9 Å². The van der Waals surface area contributed by atoms with Crippen LogP contribution in [0.2, 0.25) is 5.02 Å². The van der Waals surface area contributed by atoms with E-state index in [0.29, 0.717) is 42.4 Å². The van der Waals surface area contributed by atoms with Gasteiger partial charge in [0.1, 0.15) is 5.75 Å². The van der Waals surface area contributed by atoms with Gasteiger partial charge in [0.2, 0.25) is 15.9 Å². The Balaban J connectivity index is 1.61. The fourth-order valence-electron chi connectivity index (χ4n) is 3.62. The SMILES string of the molecule is COc1ccc(NC(=O)C2CCN(S(=O)(=O)c3ccc(C(C)(C)C)cc3)CC2)cc1Cl. The molecule has 0 radical (unpaired) electrons. The number of carbonyl (C=O) groups excluding carboxylic acids is 1. The lowest BCUT2D eigenvalue weighted by atomic mass is 9.87. The molecule has 0 aromatic heterocycles. The molecule has 2 aromatic rings. The highest BCUT2D eigenvalue weighted by Gasteiger charge is 2.32. The van der Waals surface area contributed by atoms with Crippen LogP contribution in [0.3, 0.4) is 0 Å². The second-order valence-corrected chi connectivity index (χ2v) is 11.1. The van der Waals surface area contributed by atoms with Crippen LogP contribution >= 0.6 is 11.6 Å². The average Bonchev–Trinajstić information content (AvgIpc) is 2.73.